The van der Waals surface area contributed by atoms with Crippen LogP contribution < -0.4 is 4.18 Å². The van der Waals surface area contributed by atoms with Gasteiger partial charge in [0.15, 0.2) is 17.3 Å². The third kappa shape index (κ3) is 5.30. The highest BCUT2D eigenvalue weighted by molar-refractivity contribution is 9.10. The fraction of sp³-hybridized carbons (Fsp3) is 0.419. The highest BCUT2D eigenvalue weighted by atomic mass is 79.9. The van der Waals surface area contributed by atoms with Gasteiger partial charge in [-0.3, -0.25) is 9.59 Å². The Hall–Kier alpha value is -2.42. The number of hydrogen-bond donors (Lipinski definition) is 0. The van der Waals surface area contributed by atoms with Crippen LogP contribution in [0.25, 0.3) is 0 Å². The van der Waals surface area contributed by atoms with Crippen molar-refractivity contribution in [2.24, 2.45) is 10.8 Å². The zero-order valence-electron chi connectivity index (χ0n) is 23.3. The first-order valence-electron chi connectivity index (χ1n) is 13.4. The molecule has 5 rings (SSSR count). The summed E-state index contributed by atoms with van der Waals surface area (Å²) < 4.78 is 31.7. The van der Waals surface area contributed by atoms with Crippen molar-refractivity contribution in [3.05, 3.63) is 80.1 Å². The van der Waals surface area contributed by atoms with Crippen LogP contribution >= 0.6 is 27.5 Å². The Labute approximate surface area is 249 Å². The molecule has 0 radical (unpaired) electrons. The number of ketones is 2. The van der Waals surface area contributed by atoms with Crippen molar-refractivity contribution in [1.29, 1.82) is 0 Å². The third-order valence-electron chi connectivity index (χ3n) is 7.93. The van der Waals surface area contributed by atoms with Gasteiger partial charge in [0, 0.05) is 52.9 Å². The predicted molar refractivity (Wildman–Crippen MR) is 159 cm³/mol. The predicted octanol–water partition coefficient (Wildman–Crippen LogP) is 7.58. The molecule has 212 valence electrons. The lowest BCUT2D eigenvalue weighted by Gasteiger charge is -2.48. The number of hydrogen-bond acceptors (Lipinski definition) is 6. The molecule has 0 N–H and O–H groups in total. The average Bonchev–Trinajstić information content (AvgIpc) is 2.83. The van der Waals surface area contributed by atoms with Crippen LogP contribution in [0, 0.1) is 10.8 Å². The Bertz CT molecular complexity index is 1530. The summed E-state index contributed by atoms with van der Waals surface area (Å²) >= 11 is 9.40. The summed E-state index contributed by atoms with van der Waals surface area (Å²) in [6.07, 6.45) is 2.30. The van der Waals surface area contributed by atoms with Crippen LogP contribution in [0.5, 0.6) is 5.75 Å². The van der Waals surface area contributed by atoms with Gasteiger partial charge in [0.2, 0.25) is 0 Å². The summed E-state index contributed by atoms with van der Waals surface area (Å²) in [6.45, 7) is 11.2. The molecule has 0 amide bonds. The molecule has 0 atom stereocenters. The van der Waals surface area contributed by atoms with E-state index in [1.54, 1.807) is 18.2 Å². The van der Waals surface area contributed by atoms with Crippen LogP contribution in [-0.2, 0) is 19.7 Å². The lowest BCUT2D eigenvalue weighted by Crippen LogP contribution is -2.44. The number of rotatable bonds is 5. The van der Waals surface area contributed by atoms with Gasteiger partial charge in [0.1, 0.15) is 4.90 Å². The van der Waals surface area contributed by atoms with E-state index in [0.29, 0.717) is 40.0 Å². The monoisotopic (exact) mass is 645 g/mol. The topological polar surface area (TPSA) is 80.8 Å². The molecule has 0 bridgehead atoms. The SMILES string of the molecule is CCN1C2=C(C(=O)CC(C)(C)C2)C(c2ccc(OS(=O)(=O)c3ccc(Cl)cc3)c(Br)c2)C2=C1CC(C)(C)CC2=O. The van der Waals surface area contributed by atoms with Gasteiger partial charge >= 0.3 is 10.1 Å². The second-order valence-corrected chi connectivity index (χ2v) is 15.3. The standard InChI is InChI=1S/C31H33BrClNO5S/c1-6-34-22-14-30(2,3)16-24(35)28(22)27(29-23(34)15-31(4,5)17-25(29)36)18-7-12-26(21(32)13-18)39-40(37,38)20-10-8-19(33)9-11-20/h7-13,27H,6,14-17H2,1-5H3. The highest BCUT2D eigenvalue weighted by Crippen LogP contribution is 2.54. The maximum absolute atomic E-state index is 13.8. The van der Waals surface area contributed by atoms with Crippen LogP contribution in [0.2, 0.25) is 5.02 Å². The molecule has 40 heavy (non-hydrogen) atoms. The van der Waals surface area contributed by atoms with E-state index in [2.05, 4.69) is 55.4 Å². The fourth-order valence-electron chi connectivity index (χ4n) is 6.29. The van der Waals surface area contributed by atoms with E-state index in [4.69, 9.17) is 15.8 Å². The second kappa shape index (κ2) is 10.1. The van der Waals surface area contributed by atoms with Gasteiger partial charge < -0.3 is 9.08 Å². The number of benzene rings is 2. The quantitative estimate of drug-likeness (QED) is 0.312. The molecule has 0 spiro atoms. The van der Waals surface area contributed by atoms with Gasteiger partial charge in [-0.05, 0) is 88.5 Å². The molecule has 6 nitrogen and oxygen atoms in total. The van der Waals surface area contributed by atoms with Gasteiger partial charge in [0.05, 0.1) is 4.47 Å². The molecular weight excluding hydrogens is 614 g/mol. The first kappa shape index (κ1) is 29.1. The van der Waals surface area contributed by atoms with E-state index < -0.39 is 16.0 Å². The summed E-state index contributed by atoms with van der Waals surface area (Å²) in [7, 11) is -4.10. The largest absolute Gasteiger partial charge is 0.378 e. The molecular formula is C31H33BrClNO5S. The highest BCUT2D eigenvalue weighted by Gasteiger charge is 2.48. The molecule has 3 aliphatic rings. The zero-order chi connectivity index (χ0) is 29.2. The molecule has 1 heterocycles. The summed E-state index contributed by atoms with van der Waals surface area (Å²) in [5, 5.41) is 0.419. The lowest BCUT2D eigenvalue weighted by molar-refractivity contribution is -0.119. The third-order valence-corrected chi connectivity index (χ3v) is 10.0. The molecule has 0 saturated carbocycles. The summed E-state index contributed by atoms with van der Waals surface area (Å²) in [6, 6.07) is 10.9. The maximum Gasteiger partial charge on any atom is 0.339 e. The molecule has 9 heteroatoms. The van der Waals surface area contributed by atoms with Gasteiger partial charge in [-0.2, -0.15) is 8.42 Å². The van der Waals surface area contributed by atoms with Crippen molar-refractivity contribution in [3.8, 4) is 5.75 Å². The average molecular weight is 647 g/mol. The van der Waals surface area contributed by atoms with Crippen molar-refractivity contribution in [2.45, 2.75) is 71.1 Å². The minimum Gasteiger partial charge on any atom is -0.378 e. The normalized spacial score (nSPS) is 20.9. The number of carbonyl (C=O) groups is 2. The van der Waals surface area contributed by atoms with E-state index in [1.165, 1.54) is 24.3 Å². The molecule has 0 fully saturated rings. The molecule has 1 aliphatic heterocycles. The summed E-state index contributed by atoms with van der Waals surface area (Å²) in [5.41, 5.74) is 3.74. The van der Waals surface area contributed by atoms with Crippen LogP contribution in [0.1, 0.15) is 71.8 Å². The van der Waals surface area contributed by atoms with Gasteiger partial charge in [-0.25, -0.2) is 0 Å². The van der Waals surface area contributed by atoms with Crippen LogP contribution in [0.4, 0.5) is 0 Å². The van der Waals surface area contributed by atoms with E-state index in [1.807, 2.05) is 0 Å². The van der Waals surface area contributed by atoms with E-state index in [0.717, 1.165) is 29.8 Å². The van der Waals surface area contributed by atoms with Crippen molar-refractivity contribution in [2.75, 3.05) is 6.54 Å². The number of nitrogens with zero attached hydrogens (tertiary/aromatic N) is 1. The molecule has 0 unspecified atom stereocenters. The zero-order valence-corrected chi connectivity index (χ0v) is 26.5. The van der Waals surface area contributed by atoms with E-state index in [-0.39, 0.29) is 33.0 Å². The Morgan fingerprint density at radius 3 is 1.90 bits per heavy atom. The van der Waals surface area contributed by atoms with Crippen molar-refractivity contribution >= 4 is 49.2 Å². The van der Waals surface area contributed by atoms with E-state index in [9.17, 15) is 18.0 Å². The van der Waals surface area contributed by atoms with Crippen molar-refractivity contribution < 1.29 is 22.2 Å². The van der Waals surface area contributed by atoms with Crippen molar-refractivity contribution in [1.82, 2.24) is 4.90 Å². The second-order valence-electron chi connectivity index (χ2n) is 12.5. The molecule has 2 aliphatic carbocycles. The number of allylic oxidation sites excluding steroid dienone is 4. The number of halogens is 2. The van der Waals surface area contributed by atoms with Crippen molar-refractivity contribution in [3.63, 3.8) is 0 Å². The maximum atomic E-state index is 13.8. The number of carbonyl (C=O) groups excluding carboxylic acids is 2. The Morgan fingerprint density at radius 1 is 0.900 bits per heavy atom. The molecule has 2 aromatic rings. The van der Waals surface area contributed by atoms with Crippen LogP contribution in [0.3, 0.4) is 0 Å². The van der Waals surface area contributed by atoms with Crippen LogP contribution in [-0.4, -0.2) is 31.4 Å². The Morgan fingerprint density at radius 2 is 1.43 bits per heavy atom. The van der Waals surface area contributed by atoms with Crippen LogP contribution in [0.15, 0.2) is 74.4 Å². The smallest absolute Gasteiger partial charge is 0.339 e. The molecule has 2 aromatic carbocycles. The molecule has 0 aromatic heterocycles. The molecule has 0 saturated heterocycles. The van der Waals surface area contributed by atoms with Gasteiger partial charge in [-0.1, -0.05) is 45.4 Å². The van der Waals surface area contributed by atoms with E-state index >= 15 is 0 Å². The van der Waals surface area contributed by atoms with Gasteiger partial charge in [-0.15, -0.1) is 0 Å². The lowest BCUT2D eigenvalue weighted by atomic mass is 9.63. The minimum absolute atomic E-state index is 0.0183. The van der Waals surface area contributed by atoms with Gasteiger partial charge in [0.25, 0.3) is 0 Å². The summed E-state index contributed by atoms with van der Waals surface area (Å²) in [5.74, 6) is -0.292. The summed E-state index contributed by atoms with van der Waals surface area (Å²) in [4.78, 5) is 29.7. The minimum atomic E-state index is -4.10. The Balaban J connectivity index is 1.62. The first-order chi connectivity index (χ1) is 18.6. The first-order valence-corrected chi connectivity index (χ1v) is 16.0. The number of Topliss-reactive ketones (excluding diaryl/α,β-unsaturated/α-hetero) is 2. The Kier molecular flexibility index (Phi) is 7.37. The fourth-order valence-corrected chi connectivity index (χ4v) is 7.95.